The van der Waals surface area contributed by atoms with Gasteiger partial charge < -0.3 is 18.9 Å². The number of epoxide rings is 2. The van der Waals surface area contributed by atoms with Crippen molar-refractivity contribution in [3.05, 3.63) is 89.2 Å². The molecule has 2 aromatic rings. The number of ether oxygens (including phenoxy) is 4. The summed E-state index contributed by atoms with van der Waals surface area (Å²) < 4.78 is 23.3. The number of hydrogen-bond donors (Lipinski definition) is 0. The molecule has 2 saturated heterocycles. The van der Waals surface area contributed by atoms with Crippen LogP contribution in [0.15, 0.2) is 83.7 Å². The molecule has 2 heterocycles. The van der Waals surface area contributed by atoms with Crippen LogP contribution in [-0.2, 0) is 20.6 Å². The lowest BCUT2D eigenvalue weighted by Gasteiger charge is -2.36. The number of benzene rings is 2. The van der Waals surface area contributed by atoms with E-state index in [1.807, 2.05) is 0 Å². The van der Waals surface area contributed by atoms with Crippen LogP contribution < -0.4 is 4.74 Å². The van der Waals surface area contributed by atoms with Gasteiger partial charge in [0.1, 0.15) is 36.9 Å². The van der Waals surface area contributed by atoms with Crippen molar-refractivity contribution in [3.8, 4) is 5.75 Å². The molecule has 0 N–H and O–H groups in total. The minimum Gasteiger partial charge on any atom is -0.490 e. The first kappa shape index (κ1) is 19.8. The van der Waals surface area contributed by atoms with Gasteiger partial charge in [0.15, 0.2) is 0 Å². The van der Waals surface area contributed by atoms with Gasteiger partial charge in [0.2, 0.25) is 0 Å². The molecule has 4 heteroatoms. The lowest BCUT2D eigenvalue weighted by Crippen LogP contribution is -2.24. The molecule has 2 fully saturated rings. The average molecular weight is 429 g/mol. The molecule has 2 aliphatic carbocycles. The molecule has 0 saturated carbocycles. The standard InChI is InChI=1S/C28H28O4/c1-28-12-5-4-8-25(28)24(27(11-13-28)32-18-21-16-30-21)14-23-22-7-3-2-6-19(22)9-10-26(23)31-17-20-15-29-20/h2-11,13,20-21H,12,14-18H2,1H3. The molecule has 0 spiro atoms. The minimum atomic E-state index is -0.0134. The third-order valence-electron chi connectivity index (χ3n) is 6.79. The highest BCUT2D eigenvalue weighted by Crippen LogP contribution is 2.46. The Morgan fingerprint density at radius 3 is 2.59 bits per heavy atom. The van der Waals surface area contributed by atoms with Crippen LogP contribution in [0.4, 0.5) is 0 Å². The summed E-state index contributed by atoms with van der Waals surface area (Å²) in [5.74, 6) is 1.88. The lowest BCUT2D eigenvalue weighted by atomic mass is 9.69. The zero-order chi connectivity index (χ0) is 21.5. The minimum absolute atomic E-state index is 0.0134. The van der Waals surface area contributed by atoms with Gasteiger partial charge in [-0.2, -0.15) is 0 Å². The number of fused-ring (bicyclic) bond motifs is 2. The van der Waals surface area contributed by atoms with Gasteiger partial charge in [-0.1, -0.05) is 61.6 Å². The molecular weight excluding hydrogens is 400 g/mol. The van der Waals surface area contributed by atoms with Crippen molar-refractivity contribution in [2.75, 3.05) is 26.4 Å². The highest BCUT2D eigenvalue weighted by atomic mass is 16.6. The van der Waals surface area contributed by atoms with Crippen molar-refractivity contribution in [2.45, 2.75) is 32.0 Å². The zero-order valence-electron chi connectivity index (χ0n) is 18.4. The van der Waals surface area contributed by atoms with Crippen molar-refractivity contribution in [1.29, 1.82) is 0 Å². The van der Waals surface area contributed by atoms with Crippen molar-refractivity contribution in [2.24, 2.45) is 5.41 Å². The first-order chi connectivity index (χ1) is 15.7. The predicted octanol–water partition coefficient (Wildman–Crippen LogP) is 5.29. The Labute approximate surface area is 188 Å². The average Bonchev–Trinajstić information content (AvgIpc) is 3.73. The summed E-state index contributed by atoms with van der Waals surface area (Å²) >= 11 is 0. The van der Waals surface area contributed by atoms with Crippen LogP contribution in [-0.4, -0.2) is 38.6 Å². The summed E-state index contributed by atoms with van der Waals surface area (Å²) in [7, 11) is 0. The molecule has 4 nitrogen and oxygen atoms in total. The first-order valence-corrected chi connectivity index (χ1v) is 11.5. The SMILES string of the molecule is CC12C=CC(OCC3CO3)=C(Cc3c(OCC4CO4)ccc4ccccc34)C1=CC=CC2. The Morgan fingerprint density at radius 2 is 1.78 bits per heavy atom. The van der Waals surface area contributed by atoms with Gasteiger partial charge in [-0.3, -0.25) is 0 Å². The summed E-state index contributed by atoms with van der Waals surface area (Å²) in [6.45, 7) is 5.08. The molecule has 2 aliphatic heterocycles. The van der Waals surface area contributed by atoms with Gasteiger partial charge in [0.25, 0.3) is 0 Å². The molecule has 0 aromatic heterocycles. The van der Waals surface area contributed by atoms with Gasteiger partial charge >= 0.3 is 0 Å². The smallest absolute Gasteiger partial charge is 0.123 e. The third kappa shape index (κ3) is 3.89. The molecule has 6 rings (SSSR count). The fourth-order valence-electron chi connectivity index (χ4n) is 4.70. The fraction of sp³-hybridized carbons (Fsp3) is 0.357. The second-order valence-electron chi connectivity index (χ2n) is 9.28. The largest absolute Gasteiger partial charge is 0.490 e. The predicted molar refractivity (Wildman–Crippen MR) is 125 cm³/mol. The Bertz CT molecular complexity index is 1160. The van der Waals surface area contributed by atoms with E-state index < -0.39 is 0 Å². The van der Waals surface area contributed by atoms with Crippen LogP contribution in [0, 0.1) is 5.41 Å². The lowest BCUT2D eigenvalue weighted by molar-refractivity contribution is 0.188. The number of allylic oxidation sites excluding steroid dienone is 7. The van der Waals surface area contributed by atoms with Crippen LogP contribution in [0.3, 0.4) is 0 Å². The Hall–Kier alpha value is -2.82. The topological polar surface area (TPSA) is 43.5 Å². The van der Waals surface area contributed by atoms with E-state index in [9.17, 15) is 0 Å². The van der Waals surface area contributed by atoms with Gasteiger partial charge in [-0.15, -0.1) is 0 Å². The van der Waals surface area contributed by atoms with Gasteiger partial charge in [0, 0.05) is 23.0 Å². The first-order valence-electron chi connectivity index (χ1n) is 11.5. The van der Waals surface area contributed by atoms with Crippen LogP contribution in [0.1, 0.15) is 18.9 Å². The zero-order valence-corrected chi connectivity index (χ0v) is 18.4. The summed E-state index contributed by atoms with van der Waals surface area (Å²) in [4.78, 5) is 0. The Morgan fingerprint density at radius 1 is 1.00 bits per heavy atom. The van der Waals surface area contributed by atoms with Crippen LogP contribution in [0.25, 0.3) is 10.8 Å². The quantitative estimate of drug-likeness (QED) is 0.536. The van der Waals surface area contributed by atoms with E-state index in [1.165, 1.54) is 27.5 Å². The highest BCUT2D eigenvalue weighted by molar-refractivity contribution is 5.88. The maximum atomic E-state index is 6.29. The van der Waals surface area contributed by atoms with Gasteiger partial charge in [0.05, 0.1) is 13.2 Å². The van der Waals surface area contributed by atoms with Crippen molar-refractivity contribution >= 4 is 10.8 Å². The summed E-state index contributed by atoms with van der Waals surface area (Å²) in [5, 5.41) is 2.45. The van der Waals surface area contributed by atoms with Gasteiger partial charge in [-0.05, 0) is 34.9 Å². The molecule has 32 heavy (non-hydrogen) atoms. The molecule has 3 atom stereocenters. The van der Waals surface area contributed by atoms with E-state index in [2.05, 4.69) is 73.7 Å². The Balaban J connectivity index is 1.43. The molecular formula is C28H28O4. The summed E-state index contributed by atoms with van der Waals surface area (Å²) in [6, 6.07) is 12.8. The Kier molecular flexibility index (Phi) is 4.93. The number of rotatable bonds is 8. The van der Waals surface area contributed by atoms with E-state index >= 15 is 0 Å². The van der Waals surface area contributed by atoms with Crippen molar-refractivity contribution in [3.63, 3.8) is 0 Å². The van der Waals surface area contributed by atoms with Crippen molar-refractivity contribution < 1.29 is 18.9 Å². The molecule has 164 valence electrons. The molecule has 0 bridgehead atoms. The molecule has 4 aliphatic rings. The molecule has 3 unspecified atom stereocenters. The van der Waals surface area contributed by atoms with E-state index in [-0.39, 0.29) is 17.6 Å². The third-order valence-corrected chi connectivity index (χ3v) is 6.79. The fourth-order valence-corrected chi connectivity index (χ4v) is 4.70. The van der Waals surface area contributed by atoms with E-state index in [0.717, 1.165) is 37.6 Å². The summed E-state index contributed by atoms with van der Waals surface area (Å²) in [6.07, 6.45) is 13.3. The highest BCUT2D eigenvalue weighted by Gasteiger charge is 2.35. The van der Waals surface area contributed by atoms with Crippen LogP contribution in [0.5, 0.6) is 5.75 Å². The monoisotopic (exact) mass is 428 g/mol. The van der Waals surface area contributed by atoms with Gasteiger partial charge in [-0.25, -0.2) is 0 Å². The van der Waals surface area contributed by atoms with Crippen LogP contribution >= 0.6 is 0 Å². The van der Waals surface area contributed by atoms with Crippen molar-refractivity contribution in [1.82, 2.24) is 0 Å². The van der Waals surface area contributed by atoms with E-state index in [0.29, 0.717) is 13.2 Å². The normalized spacial score (nSPS) is 27.8. The van der Waals surface area contributed by atoms with Crippen LogP contribution in [0.2, 0.25) is 0 Å². The summed E-state index contributed by atoms with van der Waals surface area (Å²) in [5.41, 5.74) is 3.76. The second-order valence-corrected chi connectivity index (χ2v) is 9.28. The van der Waals surface area contributed by atoms with E-state index in [4.69, 9.17) is 18.9 Å². The molecule has 0 radical (unpaired) electrons. The maximum absolute atomic E-state index is 6.29. The maximum Gasteiger partial charge on any atom is 0.123 e. The van der Waals surface area contributed by atoms with E-state index in [1.54, 1.807) is 0 Å². The molecule has 0 amide bonds. The number of hydrogen-bond acceptors (Lipinski definition) is 4. The second kappa shape index (κ2) is 7.95. The molecule has 2 aromatic carbocycles.